The molecule has 10 heteroatoms. The van der Waals surface area contributed by atoms with Gasteiger partial charge >= 0.3 is 0 Å². The van der Waals surface area contributed by atoms with E-state index in [1.807, 2.05) is 25.1 Å². The predicted octanol–water partition coefficient (Wildman–Crippen LogP) is 7.58. The molecule has 0 aliphatic carbocycles. The smallest absolute Gasteiger partial charge is 0.243 e. The standard InChI is InChI=1S/C28H23Cl3N2O4S/c1-19-7-11-23(12-8-19)38(35,36)33(17-20-9-13-24(30)25(31)15-20)18-28(34)32-26-16-21(29)10-14-27(26)37-22-5-3-2-4-6-22/h2-16H,17-18H2,1H3,(H,32,34). The number of aryl methyl sites for hydroxylation is 1. The summed E-state index contributed by atoms with van der Waals surface area (Å²) in [4.78, 5) is 13.3. The van der Waals surface area contributed by atoms with Crippen LogP contribution in [0, 0.1) is 6.92 Å². The molecule has 1 amide bonds. The van der Waals surface area contributed by atoms with Gasteiger partial charge in [-0.25, -0.2) is 8.42 Å². The molecule has 0 radical (unpaired) electrons. The quantitative estimate of drug-likeness (QED) is 0.218. The molecule has 0 aliphatic rings. The van der Waals surface area contributed by atoms with Gasteiger partial charge in [-0.3, -0.25) is 4.79 Å². The average molecular weight is 590 g/mol. The highest BCUT2D eigenvalue weighted by molar-refractivity contribution is 7.89. The SMILES string of the molecule is Cc1ccc(S(=O)(=O)N(CC(=O)Nc2cc(Cl)ccc2Oc2ccccc2)Cc2ccc(Cl)c(Cl)c2)cc1. The third-order valence-electron chi connectivity index (χ3n) is 5.51. The predicted molar refractivity (Wildman–Crippen MR) is 152 cm³/mol. The van der Waals surface area contributed by atoms with Crippen LogP contribution in [0.1, 0.15) is 11.1 Å². The Morgan fingerprint density at radius 2 is 1.58 bits per heavy atom. The first-order valence-corrected chi connectivity index (χ1v) is 14.0. The van der Waals surface area contributed by atoms with Crippen molar-refractivity contribution < 1.29 is 17.9 Å². The van der Waals surface area contributed by atoms with E-state index in [-0.39, 0.29) is 16.5 Å². The summed E-state index contributed by atoms with van der Waals surface area (Å²) < 4.78 is 34.2. The minimum absolute atomic E-state index is 0.0619. The van der Waals surface area contributed by atoms with Gasteiger partial charge in [0, 0.05) is 11.6 Å². The molecule has 6 nitrogen and oxygen atoms in total. The van der Waals surface area contributed by atoms with Crippen LogP contribution < -0.4 is 10.1 Å². The van der Waals surface area contributed by atoms with Gasteiger partial charge in [0.05, 0.1) is 27.2 Å². The Bertz CT molecular complexity index is 1550. The molecule has 4 aromatic carbocycles. The maximum Gasteiger partial charge on any atom is 0.243 e. The third kappa shape index (κ3) is 7.07. The second-order valence-corrected chi connectivity index (χ2v) is 11.6. The molecule has 4 aromatic rings. The summed E-state index contributed by atoms with van der Waals surface area (Å²) in [6.07, 6.45) is 0. The van der Waals surface area contributed by atoms with Gasteiger partial charge in [-0.15, -0.1) is 0 Å². The highest BCUT2D eigenvalue weighted by atomic mass is 35.5. The first kappa shape index (κ1) is 28.0. The Balaban J connectivity index is 1.62. The van der Waals surface area contributed by atoms with E-state index < -0.39 is 22.5 Å². The van der Waals surface area contributed by atoms with E-state index in [4.69, 9.17) is 39.5 Å². The molecule has 196 valence electrons. The molecule has 0 aromatic heterocycles. The van der Waals surface area contributed by atoms with Crippen molar-refractivity contribution >= 4 is 56.4 Å². The number of benzene rings is 4. The lowest BCUT2D eigenvalue weighted by molar-refractivity contribution is -0.116. The molecule has 4 rings (SSSR count). The normalized spacial score (nSPS) is 11.4. The molecule has 0 aliphatic heterocycles. The summed E-state index contributed by atoms with van der Waals surface area (Å²) in [5.41, 5.74) is 1.77. The van der Waals surface area contributed by atoms with E-state index in [1.54, 1.807) is 54.6 Å². The summed E-state index contributed by atoms with van der Waals surface area (Å²) in [7, 11) is -4.05. The Labute approximate surface area is 236 Å². The number of rotatable bonds is 9. The Hall–Kier alpha value is -3.07. The Morgan fingerprint density at radius 1 is 0.868 bits per heavy atom. The lowest BCUT2D eigenvalue weighted by Gasteiger charge is -2.23. The number of hydrogen-bond acceptors (Lipinski definition) is 4. The number of halogens is 3. The topological polar surface area (TPSA) is 75.7 Å². The number of para-hydroxylation sites is 1. The number of ether oxygens (including phenoxy) is 1. The van der Waals surface area contributed by atoms with Gasteiger partial charge in [0.25, 0.3) is 0 Å². The van der Waals surface area contributed by atoms with Crippen LogP contribution in [0.4, 0.5) is 5.69 Å². The van der Waals surface area contributed by atoms with Crippen molar-refractivity contribution in [3.8, 4) is 11.5 Å². The van der Waals surface area contributed by atoms with Crippen LogP contribution >= 0.6 is 34.8 Å². The Kier molecular flexibility index (Phi) is 8.97. The maximum atomic E-state index is 13.6. The molecule has 0 fully saturated rings. The number of anilines is 1. The van der Waals surface area contributed by atoms with Crippen molar-refractivity contribution in [3.63, 3.8) is 0 Å². The van der Waals surface area contributed by atoms with Crippen LogP contribution in [0.5, 0.6) is 11.5 Å². The van der Waals surface area contributed by atoms with E-state index in [0.29, 0.717) is 32.8 Å². The van der Waals surface area contributed by atoms with E-state index in [0.717, 1.165) is 9.87 Å². The molecule has 0 saturated heterocycles. The number of nitrogens with zero attached hydrogens (tertiary/aromatic N) is 1. The largest absolute Gasteiger partial charge is 0.455 e. The van der Waals surface area contributed by atoms with Crippen LogP contribution in [-0.2, 0) is 21.4 Å². The molecule has 0 saturated carbocycles. The van der Waals surface area contributed by atoms with Crippen molar-refractivity contribution in [1.82, 2.24) is 4.31 Å². The maximum absolute atomic E-state index is 13.6. The van der Waals surface area contributed by atoms with Crippen molar-refractivity contribution in [2.45, 2.75) is 18.4 Å². The minimum atomic E-state index is -4.05. The fourth-order valence-electron chi connectivity index (χ4n) is 3.58. The van der Waals surface area contributed by atoms with Crippen molar-refractivity contribution in [2.24, 2.45) is 0 Å². The van der Waals surface area contributed by atoms with Crippen LogP contribution in [0.25, 0.3) is 0 Å². The first-order chi connectivity index (χ1) is 18.1. The number of carbonyl (C=O) groups excluding carboxylic acids is 1. The van der Waals surface area contributed by atoms with Gasteiger partial charge in [-0.05, 0) is 67.1 Å². The fourth-order valence-corrected chi connectivity index (χ4v) is 5.46. The van der Waals surface area contributed by atoms with Gasteiger partial charge in [-0.1, -0.05) is 76.8 Å². The molecule has 0 atom stereocenters. The molecular formula is C28H23Cl3N2O4S. The van der Waals surface area contributed by atoms with Crippen molar-refractivity contribution in [3.05, 3.63) is 117 Å². The zero-order valence-electron chi connectivity index (χ0n) is 20.2. The molecule has 38 heavy (non-hydrogen) atoms. The number of hydrogen-bond donors (Lipinski definition) is 1. The number of sulfonamides is 1. The van der Waals surface area contributed by atoms with Crippen molar-refractivity contribution in [1.29, 1.82) is 0 Å². The molecule has 1 N–H and O–H groups in total. The van der Waals surface area contributed by atoms with E-state index in [2.05, 4.69) is 5.32 Å². The zero-order valence-corrected chi connectivity index (χ0v) is 23.3. The fraction of sp³-hybridized carbons (Fsp3) is 0.107. The second-order valence-electron chi connectivity index (χ2n) is 8.44. The molecular weight excluding hydrogens is 567 g/mol. The number of carbonyl (C=O) groups is 1. The molecule has 0 heterocycles. The third-order valence-corrected chi connectivity index (χ3v) is 8.29. The lowest BCUT2D eigenvalue weighted by Crippen LogP contribution is -2.37. The van der Waals surface area contributed by atoms with E-state index in [9.17, 15) is 13.2 Å². The lowest BCUT2D eigenvalue weighted by atomic mass is 10.2. The monoisotopic (exact) mass is 588 g/mol. The zero-order chi connectivity index (χ0) is 27.3. The molecule has 0 unspecified atom stereocenters. The summed E-state index contributed by atoms with van der Waals surface area (Å²) in [5.74, 6) is 0.334. The molecule has 0 spiro atoms. The minimum Gasteiger partial charge on any atom is -0.455 e. The summed E-state index contributed by atoms with van der Waals surface area (Å²) >= 11 is 18.4. The second kappa shape index (κ2) is 12.2. The summed E-state index contributed by atoms with van der Waals surface area (Å²) in [6.45, 7) is 1.27. The number of nitrogens with one attached hydrogen (secondary N) is 1. The highest BCUT2D eigenvalue weighted by Gasteiger charge is 2.27. The number of amides is 1. The van der Waals surface area contributed by atoms with Crippen LogP contribution in [0.3, 0.4) is 0 Å². The molecule has 0 bridgehead atoms. The average Bonchev–Trinajstić information content (AvgIpc) is 2.88. The van der Waals surface area contributed by atoms with Gasteiger partial charge < -0.3 is 10.1 Å². The van der Waals surface area contributed by atoms with Crippen LogP contribution in [-0.4, -0.2) is 25.2 Å². The van der Waals surface area contributed by atoms with Crippen molar-refractivity contribution in [2.75, 3.05) is 11.9 Å². The van der Waals surface area contributed by atoms with Crippen LogP contribution in [0.15, 0.2) is 95.9 Å². The van der Waals surface area contributed by atoms with E-state index in [1.165, 1.54) is 18.2 Å². The Morgan fingerprint density at radius 3 is 2.26 bits per heavy atom. The van der Waals surface area contributed by atoms with Gasteiger partial charge in [0.2, 0.25) is 15.9 Å². The van der Waals surface area contributed by atoms with Crippen LogP contribution in [0.2, 0.25) is 15.1 Å². The highest BCUT2D eigenvalue weighted by Crippen LogP contribution is 2.32. The summed E-state index contributed by atoms with van der Waals surface area (Å²) in [6, 6.07) is 25.1. The van der Waals surface area contributed by atoms with Gasteiger partial charge in [-0.2, -0.15) is 4.31 Å². The first-order valence-electron chi connectivity index (χ1n) is 11.4. The van der Waals surface area contributed by atoms with Gasteiger partial charge in [0.15, 0.2) is 5.75 Å². The van der Waals surface area contributed by atoms with E-state index >= 15 is 0 Å². The summed E-state index contributed by atoms with van der Waals surface area (Å²) in [5, 5.41) is 3.74. The van der Waals surface area contributed by atoms with Gasteiger partial charge in [0.1, 0.15) is 5.75 Å².